The number of nitrogens with zero attached hydrogens (tertiary/aromatic N) is 1. The maximum atomic E-state index is 12.2. The summed E-state index contributed by atoms with van der Waals surface area (Å²) in [6.07, 6.45) is 0.925. The zero-order valence-electron chi connectivity index (χ0n) is 13.6. The van der Waals surface area contributed by atoms with Gasteiger partial charge in [-0.3, -0.25) is 4.79 Å². The maximum absolute atomic E-state index is 12.2. The molecule has 3 aromatic rings. The predicted octanol–water partition coefficient (Wildman–Crippen LogP) is 4.52. The average molecular weight is 397 g/mol. The van der Waals surface area contributed by atoms with Crippen molar-refractivity contribution in [3.8, 4) is 5.75 Å². The van der Waals surface area contributed by atoms with Crippen LogP contribution in [0.5, 0.6) is 5.75 Å². The van der Waals surface area contributed by atoms with Crippen LogP contribution in [0.25, 0.3) is 10.8 Å². The van der Waals surface area contributed by atoms with Gasteiger partial charge in [0.2, 0.25) is 0 Å². The molecule has 0 aromatic heterocycles. The number of nitrogens with one attached hydrogen (secondary N) is 1. The highest BCUT2D eigenvalue weighted by Crippen LogP contribution is 2.26. The highest BCUT2D eigenvalue weighted by Gasteiger charge is 2.15. The lowest BCUT2D eigenvalue weighted by Crippen LogP contribution is -2.33. The molecule has 0 heterocycles. The van der Waals surface area contributed by atoms with Crippen LogP contribution in [0.3, 0.4) is 0 Å². The Morgan fingerprint density at radius 1 is 1.08 bits per heavy atom. The molecule has 0 aliphatic carbocycles. The van der Waals surface area contributed by atoms with E-state index >= 15 is 0 Å². The fourth-order valence-electron chi connectivity index (χ4n) is 2.38. The van der Waals surface area contributed by atoms with E-state index in [2.05, 4.69) is 26.5 Å². The van der Waals surface area contributed by atoms with Crippen molar-refractivity contribution in [3.63, 3.8) is 0 Å². The molecule has 3 aromatic carbocycles. The molecule has 3 rings (SSSR count). The van der Waals surface area contributed by atoms with E-state index in [-0.39, 0.29) is 5.91 Å². The molecule has 0 unspecified atom stereocenters. The number of ether oxygens (including phenoxy) is 1. The van der Waals surface area contributed by atoms with Crippen molar-refractivity contribution < 1.29 is 9.53 Å². The van der Waals surface area contributed by atoms with Gasteiger partial charge in [-0.05, 0) is 24.4 Å². The van der Waals surface area contributed by atoms with Crippen molar-refractivity contribution in [2.75, 3.05) is 0 Å². The standard InChI is InChI=1S/C20H17BrN2O2/c1-14(20(24)23-22-13-16-8-3-5-11-18(16)21)25-19-12-6-9-15-7-2-4-10-17(15)19/h2-14H,1H3,(H,23,24)/b22-13-/t14-/m0/s1. The van der Waals surface area contributed by atoms with Gasteiger partial charge in [0, 0.05) is 15.4 Å². The lowest BCUT2D eigenvalue weighted by molar-refractivity contribution is -0.127. The number of hydrogen-bond acceptors (Lipinski definition) is 3. The Morgan fingerprint density at radius 2 is 1.80 bits per heavy atom. The predicted molar refractivity (Wildman–Crippen MR) is 104 cm³/mol. The summed E-state index contributed by atoms with van der Waals surface area (Å²) >= 11 is 3.43. The Balaban J connectivity index is 1.65. The third-order valence-electron chi connectivity index (χ3n) is 3.71. The van der Waals surface area contributed by atoms with Crippen LogP contribution >= 0.6 is 15.9 Å². The topological polar surface area (TPSA) is 50.7 Å². The number of carbonyl (C=O) groups is 1. The van der Waals surface area contributed by atoms with Crippen LogP contribution in [0, 0.1) is 0 Å². The molecule has 0 aliphatic heterocycles. The Bertz CT molecular complexity index is 919. The molecular weight excluding hydrogens is 380 g/mol. The summed E-state index contributed by atoms with van der Waals surface area (Å²) in [7, 11) is 0. The number of fused-ring (bicyclic) bond motifs is 1. The number of halogens is 1. The number of hydrogen-bond donors (Lipinski definition) is 1. The second kappa shape index (κ2) is 7.94. The molecule has 0 saturated carbocycles. The average Bonchev–Trinajstić information content (AvgIpc) is 2.63. The lowest BCUT2D eigenvalue weighted by atomic mass is 10.1. The van der Waals surface area contributed by atoms with E-state index in [1.54, 1.807) is 13.1 Å². The van der Waals surface area contributed by atoms with Gasteiger partial charge < -0.3 is 4.74 Å². The molecule has 0 aliphatic rings. The van der Waals surface area contributed by atoms with E-state index in [1.165, 1.54) is 0 Å². The van der Waals surface area contributed by atoms with Crippen molar-refractivity contribution in [2.45, 2.75) is 13.0 Å². The van der Waals surface area contributed by atoms with Crippen molar-refractivity contribution in [1.82, 2.24) is 5.43 Å². The Kier molecular flexibility index (Phi) is 5.46. The first-order chi connectivity index (χ1) is 12.1. The van der Waals surface area contributed by atoms with E-state index in [4.69, 9.17) is 4.74 Å². The molecule has 0 bridgehead atoms. The number of carbonyl (C=O) groups excluding carboxylic acids is 1. The van der Waals surface area contributed by atoms with Gasteiger partial charge in [0.25, 0.3) is 5.91 Å². The van der Waals surface area contributed by atoms with E-state index in [9.17, 15) is 4.79 Å². The van der Waals surface area contributed by atoms with Gasteiger partial charge in [-0.25, -0.2) is 5.43 Å². The normalized spacial score (nSPS) is 12.2. The van der Waals surface area contributed by atoms with Crippen LogP contribution in [-0.2, 0) is 4.79 Å². The number of amides is 1. The van der Waals surface area contributed by atoms with Crippen LogP contribution in [0.4, 0.5) is 0 Å². The largest absolute Gasteiger partial charge is 0.480 e. The van der Waals surface area contributed by atoms with E-state index in [0.29, 0.717) is 5.75 Å². The second-order valence-corrected chi connectivity index (χ2v) is 6.35. The smallest absolute Gasteiger partial charge is 0.280 e. The van der Waals surface area contributed by atoms with Crippen LogP contribution < -0.4 is 10.2 Å². The van der Waals surface area contributed by atoms with Crippen molar-refractivity contribution in [1.29, 1.82) is 0 Å². The molecule has 0 fully saturated rings. The van der Waals surface area contributed by atoms with Crippen LogP contribution in [0.2, 0.25) is 0 Å². The van der Waals surface area contributed by atoms with Gasteiger partial charge in [0.1, 0.15) is 5.75 Å². The highest BCUT2D eigenvalue weighted by atomic mass is 79.9. The molecule has 5 heteroatoms. The van der Waals surface area contributed by atoms with Gasteiger partial charge >= 0.3 is 0 Å². The first-order valence-corrected chi connectivity index (χ1v) is 8.66. The summed E-state index contributed by atoms with van der Waals surface area (Å²) in [5.41, 5.74) is 3.39. The van der Waals surface area contributed by atoms with Gasteiger partial charge in [0.15, 0.2) is 6.10 Å². The number of rotatable bonds is 5. The monoisotopic (exact) mass is 396 g/mol. The van der Waals surface area contributed by atoms with E-state index in [1.807, 2.05) is 66.7 Å². The summed E-state index contributed by atoms with van der Waals surface area (Å²) < 4.78 is 6.73. The second-order valence-electron chi connectivity index (χ2n) is 5.49. The van der Waals surface area contributed by atoms with Crippen molar-refractivity contribution in [2.24, 2.45) is 5.10 Å². The third kappa shape index (κ3) is 4.25. The molecule has 4 nitrogen and oxygen atoms in total. The van der Waals surface area contributed by atoms with Crippen molar-refractivity contribution in [3.05, 3.63) is 76.8 Å². The van der Waals surface area contributed by atoms with Gasteiger partial charge in [-0.2, -0.15) is 5.10 Å². The summed E-state index contributed by atoms with van der Waals surface area (Å²) in [5, 5.41) is 6.04. The van der Waals surface area contributed by atoms with E-state index < -0.39 is 6.10 Å². The van der Waals surface area contributed by atoms with Crippen molar-refractivity contribution >= 4 is 38.8 Å². The van der Waals surface area contributed by atoms with Gasteiger partial charge in [-0.15, -0.1) is 0 Å². The molecular formula is C20H17BrN2O2. The minimum atomic E-state index is -0.665. The molecule has 1 atom stereocenters. The molecule has 0 spiro atoms. The third-order valence-corrected chi connectivity index (χ3v) is 4.43. The highest BCUT2D eigenvalue weighted by molar-refractivity contribution is 9.10. The van der Waals surface area contributed by atoms with Crippen LogP contribution in [-0.4, -0.2) is 18.2 Å². The molecule has 1 amide bonds. The SMILES string of the molecule is C[C@H](Oc1cccc2ccccc12)C(=O)N/N=C\c1ccccc1Br. The first-order valence-electron chi connectivity index (χ1n) is 7.87. The fourth-order valence-corrected chi connectivity index (χ4v) is 2.77. The van der Waals surface area contributed by atoms with Gasteiger partial charge in [0.05, 0.1) is 6.21 Å². The molecule has 0 radical (unpaired) electrons. The summed E-state index contributed by atoms with van der Waals surface area (Å²) in [6, 6.07) is 21.3. The Hall–Kier alpha value is -2.66. The van der Waals surface area contributed by atoms with Crippen LogP contribution in [0.1, 0.15) is 12.5 Å². The Morgan fingerprint density at radius 3 is 2.64 bits per heavy atom. The quantitative estimate of drug-likeness (QED) is 0.509. The number of hydrazone groups is 1. The number of benzene rings is 3. The molecule has 0 saturated heterocycles. The van der Waals surface area contributed by atoms with Gasteiger partial charge in [-0.1, -0.05) is 70.5 Å². The molecule has 126 valence electrons. The van der Waals surface area contributed by atoms with Crippen LogP contribution in [0.15, 0.2) is 76.3 Å². The molecule has 1 N–H and O–H groups in total. The zero-order valence-corrected chi connectivity index (χ0v) is 15.2. The Labute approximate surface area is 154 Å². The molecule has 25 heavy (non-hydrogen) atoms. The van der Waals surface area contributed by atoms with E-state index in [0.717, 1.165) is 20.8 Å². The minimum Gasteiger partial charge on any atom is -0.480 e. The maximum Gasteiger partial charge on any atom is 0.280 e. The summed E-state index contributed by atoms with van der Waals surface area (Å²) in [6.45, 7) is 1.70. The first kappa shape index (κ1) is 17.2. The minimum absolute atomic E-state index is 0.309. The summed E-state index contributed by atoms with van der Waals surface area (Å²) in [4.78, 5) is 12.2. The zero-order chi connectivity index (χ0) is 17.6. The summed E-state index contributed by atoms with van der Waals surface area (Å²) in [5.74, 6) is 0.367. The fraction of sp³-hybridized carbons (Fsp3) is 0.100. The lowest BCUT2D eigenvalue weighted by Gasteiger charge is -2.14.